The minimum absolute atomic E-state index is 0.0241. The van der Waals surface area contributed by atoms with Gasteiger partial charge in [-0.3, -0.25) is 14.4 Å². The number of ketones is 1. The third-order valence-electron chi connectivity index (χ3n) is 15.3. The number of anilines is 2. The van der Waals surface area contributed by atoms with E-state index in [4.69, 9.17) is 14.2 Å². The highest BCUT2D eigenvalue weighted by atomic mass is 19.1. The van der Waals surface area contributed by atoms with Crippen LogP contribution in [-0.2, 0) is 33.6 Å². The summed E-state index contributed by atoms with van der Waals surface area (Å²) in [6.07, 6.45) is 8.85. The zero-order valence-corrected chi connectivity index (χ0v) is 46.2. The Labute approximate surface area is 468 Å². The van der Waals surface area contributed by atoms with E-state index in [1.165, 1.54) is 42.2 Å². The molecule has 3 aromatic heterocycles. The predicted octanol–water partition coefficient (Wildman–Crippen LogP) is 11.5. The molecule has 4 N–H and O–H groups in total. The van der Waals surface area contributed by atoms with E-state index in [9.17, 15) is 29.0 Å². The summed E-state index contributed by atoms with van der Waals surface area (Å²) in [6.45, 7) is 8.15. The molecule has 3 unspecified atom stereocenters. The lowest BCUT2D eigenvalue weighted by molar-refractivity contribution is -0.119. The van der Waals surface area contributed by atoms with E-state index >= 15 is 0 Å². The van der Waals surface area contributed by atoms with E-state index < -0.39 is 5.82 Å². The van der Waals surface area contributed by atoms with Crippen molar-refractivity contribution in [2.45, 2.75) is 84.0 Å². The minimum atomic E-state index is -0.395. The fourth-order valence-corrected chi connectivity index (χ4v) is 11.0. The van der Waals surface area contributed by atoms with Gasteiger partial charge in [-0.25, -0.2) is 18.4 Å². The van der Waals surface area contributed by atoms with Crippen molar-refractivity contribution in [2.75, 3.05) is 32.0 Å². The summed E-state index contributed by atoms with van der Waals surface area (Å²) < 4.78 is 34.7. The molecule has 3 aliphatic rings. The van der Waals surface area contributed by atoms with Crippen LogP contribution in [0.5, 0.6) is 28.7 Å². The fraction of sp³-hybridized carbons (Fsp3) is 0.250. The number of para-hydroxylation sites is 1. The number of phenolic OH excluding ortho intramolecular Hbond substituents is 2. The SMILES string of the molecule is CCc1ccc(-n2ncc3c2CC(=O)CC3c2ccc(OC)c(C)c2)cc1.CCc1ccccc1-n1ncc2c1NC(=O)CC2c1ccc(O)c(C)c1.COc1cc(C2CC(=O)Nc3c2cnn3-c2cccc(F)c2)cc(OC)c1O. The molecule has 2 amide bonds. The second-order valence-corrected chi connectivity index (χ2v) is 20.3. The number of benzene rings is 6. The van der Waals surface area contributed by atoms with Crippen LogP contribution in [0.15, 0.2) is 140 Å². The minimum Gasteiger partial charge on any atom is -0.508 e. The van der Waals surface area contributed by atoms with Gasteiger partial charge in [-0.15, -0.1) is 0 Å². The van der Waals surface area contributed by atoms with Crippen LogP contribution in [0.2, 0.25) is 0 Å². The largest absolute Gasteiger partial charge is 0.508 e. The summed E-state index contributed by atoms with van der Waals surface area (Å²) in [5, 5.41) is 39.3. The van der Waals surface area contributed by atoms with Gasteiger partial charge in [0.15, 0.2) is 11.5 Å². The van der Waals surface area contributed by atoms with Crippen molar-refractivity contribution >= 4 is 29.2 Å². The Kier molecular flexibility index (Phi) is 15.9. The van der Waals surface area contributed by atoms with Gasteiger partial charge in [-0.1, -0.05) is 74.5 Å². The number of fused-ring (bicyclic) bond motifs is 3. The maximum atomic E-state index is 13.6. The maximum absolute atomic E-state index is 13.6. The molecule has 9 aromatic rings. The molecule has 3 atom stereocenters. The highest BCUT2D eigenvalue weighted by Crippen LogP contribution is 2.45. The molecule has 2 aliphatic heterocycles. The summed E-state index contributed by atoms with van der Waals surface area (Å²) in [7, 11) is 4.57. The fourth-order valence-electron chi connectivity index (χ4n) is 11.0. The van der Waals surface area contributed by atoms with Gasteiger partial charge in [0.25, 0.3) is 0 Å². The molecule has 16 nitrogen and oxygen atoms in total. The molecule has 0 saturated heterocycles. The van der Waals surface area contributed by atoms with Crippen LogP contribution in [0.4, 0.5) is 16.0 Å². The van der Waals surface area contributed by atoms with Crippen LogP contribution in [0.3, 0.4) is 0 Å². The number of nitrogens with zero attached hydrogens (tertiary/aromatic N) is 6. The van der Waals surface area contributed by atoms with Gasteiger partial charge in [-0.2, -0.15) is 15.3 Å². The van der Waals surface area contributed by atoms with E-state index in [-0.39, 0.29) is 64.8 Å². The molecule has 0 fully saturated rings. The lowest BCUT2D eigenvalue weighted by Crippen LogP contribution is -2.24. The number of ether oxygens (including phenoxy) is 3. The number of rotatable bonds is 11. The first-order valence-electron chi connectivity index (χ1n) is 26.9. The Morgan fingerprint density at radius 1 is 0.568 bits per heavy atom. The highest BCUT2D eigenvalue weighted by Gasteiger charge is 2.34. The first kappa shape index (κ1) is 54.8. The third kappa shape index (κ3) is 11.1. The van der Waals surface area contributed by atoms with Gasteiger partial charge in [0.05, 0.1) is 62.7 Å². The molecular formula is C64H63FN8O8. The topological polar surface area (TPSA) is 197 Å². The summed E-state index contributed by atoms with van der Waals surface area (Å²) >= 11 is 0. The number of methoxy groups -OCH3 is 3. The molecule has 6 aromatic carbocycles. The van der Waals surface area contributed by atoms with E-state index in [1.807, 2.05) is 72.0 Å². The first-order chi connectivity index (χ1) is 39.2. The molecule has 0 radical (unpaired) electrons. The molecule has 12 rings (SSSR count). The molecule has 5 heterocycles. The standard InChI is InChI=1S/C23H24N2O2.C21H21N3O2.C20H18FN3O4/c1-4-16-5-8-18(9-6-16)25-22-13-19(26)12-20(21(22)14-24-25)17-7-10-23(27-3)15(2)11-17;1-3-14-6-4-5-7-18(14)24-21-17(12-22-24)16(11-20(26)23-21)15-8-9-19(25)13(2)10-15;1-27-16-6-11(7-17(28-2)19(16)26)14-9-18(25)23-20-15(14)10-22-24(20)13-5-3-4-12(21)8-13/h5-11,14,20H,4,12-13H2,1-3H3;4-10,12,16,25H,3,11H2,1-2H3,(H,23,26);3-8,10,14,26H,9H2,1-2H3,(H,23,25). The summed E-state index contributed by atoms with van der Waals surface area (Å²) in [6, 6.07) is 37.5. The van der Waals surface area contributed by atoms with Crippen molar-refractivity contribution < 1.29 is 43.2 Å². The number of hydrogen-bond donors (Lipinski definition) is 4. The Hall–Kier alpha value is -9.51. The Balaban J connectivity index is 0.000000136. The zero-order chi connectivity index (χ0) is 57.1. The van der Waals surface area contributed by atoms with Crippen LogP contribution in [0, 0.1) is 19.7 Å². The summed E-state index contributed by atoms with van der Waals surface area (Å²) in [4.78, 5) is 37.3. The van der Waals surface area contributed by atoms with Gasteiger partial charge in [0.2, 0.25) is 17.6 Å². The normalized spacial score (nSPS) is 16.0. The van der Waals surface area contributed by atoms with Crippen molar-refractivity contribution in [1.82, 2.24) is 29.3 Å². The number of carbonyl (C=O) groups excluding carboxylic acids is 3. The van der Waals surface area contributed by atoms with Crippen molar-refractivity contribution in [3.63, 3.8) is 0 Å². The van der Waals surface area contributed by atoms with Gasteiger partial charge in [0, 0.05) is 60.1 Å². The number of aryl methyl sites for hydroxylation is 4. The zero-order valence-electron chi connectivity index (χ0n) is 46.2. The van der Waals surface area contributed by atoms with Crippen LogP contribution in [0.25, 0.3) is 17.1 Å². The van der Waals surface area contributed by atoms with Gasteiger partial charge < -0.3 is 35.1 Å². The number of aromatic nitrogens is 6. The van der Waals surface area contributed by atoms with Crippen LogP contribution in [-0.4, -0.2) is 78.5 Å². The molecule has 414 valence electrons. The third-order valence-corrected chi connectivity index (χ3v) is 15.3. The molecule has 1 aliphatic carbocycles. The Morgan fingerprint density at radius 2 is 1.15 bits per heavy atom. The monoisotopic (exact) mass is 1090 g/mol. The van der Waals surface area contributed by atoms with E-state index in [1.54, 1.807) is 43.6 Å². The van der Waals surface area contributed by atoms with Crippen LogP contribution < -0.4 is 24.8 Å². The highest BCUT2D eigenvalue weighted by molar-refractivity contribution is 5.95. The van der Waals surface area contributed by atoms with Gasteiger partial charge in [-0.05, 0) is 126 Å². The van der Waals surface area contributed by atoms with Crippen LogP contribution in [0.1, 0.15) is 112 Å². The van der Waals surface area contributed by atoms with Crippen molar-refractivity contribution in [3.05, 3.63) is 207 Å². The maximum Gasteiger partial charge on any atom is 0.226 e. The lowest BCUT2D eigenvalue weighted by atomic mass is 9.81. The number of halogens is 1. The van der Waals surface area contributed by atoms with E-state index in [0.29, 0.717) is 30.8 Å². The van der Waals surface area contributed by atoms with Crippen LogP contribution >= 0.6 is 0 Å². The Bertz CT molecular complexity index is 3800. The average Bonchev–Trinajstić information content (AvgIpc) is 4.40. The number of carbonyl (C=O) groups is 3. The first-order valence-corrected chi connectivity index (χ1v) is 26.9. The second-order valence-electron chi connectivity index (χ2n) is 20.3. The molecule has 81 heavy (non-hydrogen) atoms. The number of amides is 2. The lowest BCUT2D eigenvalue weighted by Gasteiger charge is -2.24. The second kappa shape index (κ2) is 23.4. The average molecular weight is 1090 g/mol. The molecule has 17 heteroatoms. The Morgan fingerprint density at radius 3 is 1.77 bits per heavy atom. The van der Waals surface area contributed by atoms with Gasteiger partial charge in [0.1, 0.15) is 34.7 Å². The number of Topliss-reactive ketones (excluding diaryl/α,β-unsaturated/α-hetero) is 1. The molecule has 0 saturated carbocycles. The molecule has 0 spiro atoms. The number of aromatic hydroxyl groups is 2. The van der Waals surface area contributed by atoms with Crippen molar-refractivity contribution in [2.24, 2.45) is 0 Å². The van der Waals surface area contributed by atoms with Gasteiger partial charge >= 0.3 is 0 Å². The number of nitrogens with one attached hydrogen (secondary N) is 2. The number of phenols is 2. The predicted molar refractivity (Wildman–Crippen MR) is 307 cm³/mol. The van der Waals surface area contributed by atoms with Crippen molar-refractivity contribution in [3.8, 4) is 45.8 Å². The molecular weight excluding hydrogens is 1030 g/mol. The number of hydrogen-bond acceptors (Lipinski definition) is 11. The summed E-state index contributed by atoms with van der Waals surface area (Å²) in [5.74, 6) is 2.05. The van der Waals surface area contributed by atoms with E-state index in [0.717, 1.165) is 86.0 Å². The smallest absolute Gasteiger partial charge is 0.226 e. The van der Waals surface area contributed by atoms with Crippen molar-refractivity contribution in [1.29, 1.82) is 0 Å². The van der Waals surface area contributed by atoms with E-state index in [2.05, 4.69) is 82.2 Å². The summed E-state index contributed by atoms with van der Waals surface area (Å²) in [5.41, 5.74) is 13.7. The molecule has 0 bridgehead atoms. The quantitative estimate of drug-likeness (QED) is 0.0962.